The first kappa shape index (κ1) is 14.8. The summed E-state index contributed by atoms with van der Waals surface area (Å²) in [6.07, 6.45) is 0. The molecular weight excluding hydrogens is 284 g/mol. The van der Waals surface area contributed by atoms with Crippen LogP contribution in [0, 0.1) is 11.6 Å². The predicted octanol–water partition coefficient (Wildman–Crippen LogP) is 4.22. The predicted molar refractivity (Wildman–Crippen MR) is 74.7 cm³/mol. The van der Waals surface area contributed by atoms with E-state index >= 15 is 0 Å². The number of benzene rings is 2. The van der Waals surface area contributed by atoms with Crippen LogP contribution in [-0.2, 0) is 6.61 Å². The number of hydrogen-bond acceptors (Lipinski definition) is 2. The largest absolute Gasteiger partial charge is 0.489 e. The van der Waals surface area contributed by atoms with Gasteiger partial charge in [-0.3, -0.25) is 0 Å². The average molecular weight is 298 g/mol. The molecule has 0 fully saturated rings. The van der Waals surface area contributed by atoms with E-state index < -0.39 is 17.7 Å². The second-order valence-corrected chi connectivity index (χ2v) is 4.87. The number of halogens is 3. The third-order valence-electron chi connectivity index (χ3n) is 2.91. The first-order chi connectivity index (χ1) is 9.49. The molecule has 2 nitrogen and oxygen atoms in total. The first-order valence-electron chi connectivity index (χ1n) is 6.09. The zero-order valence-corrected chi connectivity index (χ0v) is 11.6. The van der Waals surface area contributed by atoms with Crippen LogP contribution in [0.4, 0.5) is 8.78 Å². The summed E-state index contributed by atoms with van der Waals surface area (Å²) in [6, 6.07) is 8.36. The van der Waals surface area contributed by atoms with E-state index in [1.54, 1.807) is 25.1 Å². The van der Waals surface area contributed by atoms with Gasteiger partial charge in [-0.1, -0.05) is 23.7 Å². The van der Waals surface area contributed by atoms with Crippen LogP contribution in [0.5, 0.6) is 5.75 Å². The van der Waals surface area contributed by atoms with Crippen LogP contribution in [0.25, 0.3) is 0 Å². The fourth-order valence-electron chi connectivity index (χ4n) is 1.79. The molecule has 1 atom stereocenters. The van der Waals surface area contributed by atoms with E-state index in [9.17, 15) is 8.78 Å². The number of rotatable bonds is 4. The highest BCUT2D eigenvalue weighted by molar-refractivity contribution is 6.31. The molecule has 0 radical (unpaired) electrons. The molecule has 0 aliphatic heterocycles. The van der Waals surface area contributed by atoms with Gasteiger partial charge in [0.25, 0.3) is 0 Å². The number of ether oxygens (including phenoxy) is 1. The van der Waals surface area contributed by atoms with Gasteiger partial charge in [-0.15, -0.1) is 0 Å². The van der Waals surface area contributed by atoms with E-state index in [2.05, 4.69) is 0 Å². The lowest BCUT2D eigenvalue weighted by atomic mass is 10.1. The molecule has 20 heavy (non-hydrogen) atoms. The molecule has 0 aromatic heterocycles. The maximum absolute atomic E-state index is 13.7. The van der Waals surface area contributed by atoms with E-state index in [0.29, 0.717) is 11.3 Å². The standard InChI is InChI=1S/C15H14ClF2NO/c1-9(19)11-6-5-10(7-15(11)18)20-8-12-13(16)3-2-4-14(12)17/h2-7,9H,8,19H2,1H3. The fraction of sp³-hybridized carbons (Fsp3) is 0.200. The third-order valence-corrected chi connectivity index (χ3v) is 3.26. The smallest absolute Gasteiger partial charge is 0.131 e. The molecule has 0 spiro atoms. The molecule has 2 aromatic rings. The van der Waals surface area contributed by atoms with Crippen molar-refractivity contribution in [3.63, 3.8) is 0 Å². The summed E-state index contributed by atoms with van der Waals surface area (Å²) in [7, 11) is 0. The molecule has 0 saturated heterocycles. The van der Waals surface area contributed by atoms with Crippen molar-refractivity contribution in [2.75, 3.05) is 0 Å². The van der Waals surface area contributed by atoms with E-state index in [1.165, 1.54) is 18.2 Å². The maximum Gasteiger partial charge on any atom is 0.131 e. The molecule has 2 aromatic carbocycles. The summed E-state index contributed by atoms with van der Waals surface area (Å²) in [4.78, 5) is 0. The van der Waals surface area contributed by atoms with Crippen molar-refractivity contribution >= 4 is 11.6 Å². The Balaban J connectivity index is 2.14. The zero-order valence-electron chi connectivity index (χ0n) is 10.9. The van der Waals surface area contributed by atoms with Gasteiger partial charge in [0.2, 0.25) is 0 Å². The number of nitrogens with two attached hydrogens (primary N) is 1. The van der Waals surface area contributed by atoms with E-state index in [0.717, 1.165) is 0 Å². The summed E-state index contributed by atoms with van der Waals surface area (Å²) in [5.41, 5.74) is 6.27. The summed E-state index contributed by atoms with van der Waals surface area (Å²) >= 11 is 5.88. The van der Waals surface area contributed by atoms with Gasteiger partial charge in [0, 0.05) is 23.2 Å². The van der Waals surface area contributed by atoms with Crippen LogP contribution < -0.4 is 10.5 Å². The third kappa shape index (κ3) is 3.26. The lowest BCUT2D eigenvalue weighted by Crippen LogP contribution is -2.07. The van der Waals surface area contributed by atoms with Crippen LogP contribution in [0.2, 0.25) is 5.02 Å². The number of hydrogen-bond donors (Lipinski definition) is 1. The van der Waals surface area contributed by atoms with Crippen molar-refractivity contribution in [2.45, 2.75) is 19.6 Å². The van der Waals surface area contributed by atoms with Crippen LogP contribution in [0.1, 0.15) is 24.1 Å². The first-order valence-corrected chi connectivity index (χ1v) is 6.47. The Kier molecular flexibility index (Phi) is 4.57. The average Bonchev–Trinajstić information content (AvgIpc) is 2.37. The normalized spacial score (nSPS) is 12.2. The van der Waals surface area contributed by atoms with Crippen LogP contribution in [0.3, 0.4) is 0 Å². The van der Waals surface area contributed by atoms with E-state index in [-0.39, 0.29) is 17.2 Å². The lowest BCUT2D eigenvalue weighted by Gasteiger charge is -2.11. The van der Waals surface area contributed by atoms with Gasteiger partial charge in [-0.05, 0) is 25.1 Å². The summed E-state index contributed by atoms with van der Waals surface area (Å²) in [6.45, 7) is 1.63. The Morgan fingerprint density at radius 1 is 1.20 bits per heavy atom. The van der Waals surface area contributed by atoms with Crippen LogP contribution in [0.15, 0.2) is 36.4 Å². The highest BCUT2D eigenvalue weighted by Gasteiger charge is 2.10. The molecule has 0 aliphatic carbocycles. The summed E-state index contributed by atoms with van der Waals surface area (Å²) in [5.74, 6) is -0.603. The molecule has 0 heterocycles. The van der Waals surface area contributed by atoms with Crippen LogP contribution >= 0.6 is 11.6 Å². The van der Waals surface area contributed by atoms with Crippen LogP contribution in [-0.4, -0.2) is 0 Å². The highest BCUT2D eigenvalue weighted by Crippen LogP contribution is 2.24. The van der Waals surface area contributed by atoms with Gasteiger partial charge in [0.15, 0.2) is 0 Å². The minimum Gasteiger partial charge on any atom is -0.489 e. The molecule has 106 valence electrons. The minimum atomic E-state index is -0.454. The SMILES string of the molecule is CC(N)c1ccc(OCc2c(F)cccc2Cl)cc1F. The Morgan fingerprint density at radius 3 is 2.55 bits per heavy atom. The van der Waals surface area contributed by atoms with Crippen molar-refractivity contribution in [2.24, 2.45) is 5.73 Å². The van der Waals surface area contributed by atoms with E-state index in [1.807, 2.05) is 0 Å². The van der Waals surface area contributed by atoms with Crippen molar-refractivity contribution in [3.05, 3.63) is 64.2 Å². The van der Waals surface area contributed by atoms with Gasteiger partial charge in [0.05, 0.1) is 5.02 Å². The zero-order chi connectivity index (χ0) is 14.7. The Morgan fingerprint density at radius 2 is 1.95 bits per heavy atom. The van der Waals surface area contributed by atoms with Crippen molar-refractivity contribution < 1.29 is 13.5 Å². The molecule has 0 saturated carbocycles. The quantitative estimate of drug-likeness (QED) is 0.917. The Bertz CT molecular complexity index is 597. The molecule has 2 N–H and O–H groups in total. The topological polar surface area (TPSA) is 35.2 Å². The van der Waals surface area contributed by atoms with Gasteiger partial charge in [-0.2, -0.15) is 0 Å². The molecule has 5 heteroatoms. The monoisotopic (exact) mass is 297 g/mol. The highest BCUT2D eigenvalue weighted by atomic mass is 35.5. The molecule has 1 unspecified atom stereocenters. The van der Waals surface area contributed by atoms with Gasteiger partial charge in [-0.25, -0.2) is 8.78 Å². The summed E-state index contributed by atoms with van der Waals surface area (Å²) < 4.78 is 32.6. The van der Waals surface area contributed by atoms with E-state index in [4.69, 9.17) is 22.1 Å². The molecule has 2 rings (SSSR count). The second-order valence-electron chi connectivity index (χ2n) is 4.46. The maximum atomic E-state index is 13.7. The minimum absolute atomic E-state index is 0.0670. The van der Waals surface area contributed by atoms with Crippen molar-refractivity contribution in [1.82, 2.24) is 0 Å². The van der Waals surface area contributed by atoms with Gasteiger partial charge < -0.3 is 10.5 Å². The van der Waals surface area contributed by atoms with Crippen molar-refractivity contribution in [1.29, 1.82) is 0 Å². The van der Waals surface area contributed by atoms with Crippen molar-refractivity contribution in [3.8, 4) is 5.75 Å². The molecule has 0 aliphatic rings. The molecule has 0 bridgehead atoms. The van der Waals surface area contributed by atoms with Gasteiger partial charge >= 0.3 is 0 Å². The Labute approximate surface area is 121 Å². The molecular formula is C15H14ClF2NO. The second kappa shape index (κ2) is 6.20. The fourth-order valence-corrected chi connectivity index (χ4v) is 2.01. The lowest BCUT2D eigenvalue weighted by molar-refractivity contribution is 0.298. The van der Waals surface area contributed by atoms with Gasteiger partial charge in [0.1, 0.15) is 24.0 Å². The molecule has 0 amide bonds. The summed E-state index contributed by atoms with van der Waals surface area (Å²) in [5, 5.41) is 0.276. The Hall–Kier alpha value is -1.65.